The van der Waals surface area contributed by atoms with E-state index in [1.807, 2.05) is 60.7 Å². The highest BCUT2D eigenvalue weighted by atomic mass is 16.5. The van der Waals surface area contributed by atoms with E-state index in [-0.39, 0.29) is 13.0 Å². The number of carbonyl (C=O) groups is 4. The number of ether oxygens (including phenoxy) is 2. The van der Waals surface area contributed by atoms with Gasteiger partial charge < -0.3 is 29.7 Å². The summed E-state index contributed by atoms with van der Waals surface area (Å²) >= 11 is 0. The van der Waals surface area contributed by atoms with Crippen molar-refractivity contribution in [2.45, 2.75) is 57.5 Å². The zero-order chi connectivity index (χ0) is 27.5. The smallest absolute Gasteiger partial charge is 0.408 e. The second-order valence-electron chi connectivity index (χ2n) is 9.10. The number of rotatable bonds is 12. The third kappa shape index (κ3) is 7.79. The number of hydrogen-bond acceptors (Lipinski definition) is 6. The largest absolute Gasteiger partial charge is 0.480 e. The number of methoxy groups -OCH3 is 1. The number of likely N-dealkylation sites (tertiary alicyclic amines) is 1. The normalized spacial score (nSPS) is 16.4. The first-order valence-electron chi connectivity index (χ1n) is 12.7. The van der Waals surface area contributed by atoms with E-state index in [0.717, 1.165) is 16.0 Å². The Hall–Kier alpha value is -3.92. The van der Waals surface area contributed by atoms with Crippen LogP contribution in [0.4, 0.5) is 4.79 Å². The van der Waals surface area contributed by atoms with Crippen LogP contribution in [0.25, 0.3) is 0 Å². The Morgan fingerprint density at radius 1 is 1.05 bits per heavy atom. The summed E-state index contributed by atoms with van der Waals surface area (Å²) in [6.07, 6.45) is 0.0689. The molecule has 0 saturated carbocycles. The van der Waals surface area contributed by atoms with Crippen molar-refractivity contribution in [3.8, 4) is 0 Å². The number of nitrogens with zero attached hydrogens (tertiary/aromatic N) is 2. The predicted molar refractivity (Wildman–Crippen MR) is 139 cm³/mol. The SMILES string of the molecule is CCC(OC)N(CC(=O)O)C(=O)C1CCCN1C(=O)C(Cc1ccccc1)NC(=O)OCc1ccccc1. The Morgan fingerprint density at radius 2 is 1.68 bits per heavy atom. The fraction of sp³-hybridized carbons (Fsp3) is 0.429. The fourth-order valence-corrected chi connectivity index (χ4v) is 4.62. The Labute approximate surface area is 222 Å². The molecule has 1 aliphatic rings. The van der Waals surface area contributed by atoms with Gasteiger partial charge in [0.25, 0.3) is 0 Å². The molecular formula is C28H35N3O7. The molecule has 0 aromatic heterocycles. The third-order valence-corrected chi connectivity index (χ3v) is 6.46. The van der Waals surface area contributed by atoms with Gasteiger partial charge in [0.05, 0.1) is 0 Å². The second kappa shape index (κ2) is 14.1. The van der Waals surface area contributed by atoms with Gasteiger partial charge >= 0.3 is 12.1 Å². The van der Waals surface area contributed by atoms with Crippen LogP contribution in [0, 0.1) is 0 Å². The lowest BCUT2D eigenvalue weighted by Crippen LogP contribution is -2.56. The van der Waals surface area contributed by atoms with Gasteiger partial charge in [-0.15, -0.1) is 0 Å². The van der Waals surface area contributed by atoms with Gasteiger partial charge in [-0.2, -0.15) is 0 Å². The Kier molecular flexibility index (Phi) is 10.7. The summed E-state index contributed by atoms with van der Waals surface area (Å²) in [4.78, 5) is 54.0. The predicted octanol–water partition coefficient (Wildman–Crippen LogP) is 2.81. The van der Waals surface area contributed by atoms with E-state index in [0.29, 0.717) is 25.8 Å². The number of carboxylic acid groups (broad SMARTS) is 1. The Morgan fingerprint density at radius 3 is 2.26 bits per heavy atom. The molecule has 2 N–H and O–H groups in total. The molecule has 3 atom stereocenters. The van der Waals surface area contributed by atoms with Gasteiger partial charge in [-0.05, 0) is 30.4 Å². The maximum absolute atomic E-state index is 13.8. The first-order valence-corrected chi connectivity index (χ1v) is 12.7. The lowest BCUT2D eigenvalue weighted by atomic mass is 10.0. The van der Waals surface area contributed by atoms with Gasteiger partial charge in [-0.25, -0.2) is 4.79 Å². The summed E-state index contributed by atoms with van der Waals surface area (Å²) in [5.41, 5.74) is 1.63. The van der Waals surface area contributed by atoms with Crippen molar-refractivity contribution in [3.05, 3.63) is 71.8 Å². The summed E-state index contributed by atoms with van der Waals surface area (Å²) in [7, 11) is 1.41. The second-order valence-corrected chi connectivity index (χ2v) is 9.10. The Bertz CT molecular complexity index is 1080. The molecule has 3 rings (SSSR count). The number of aliphatic carboxylic acids is 1. The van der Waals surface area contributed by atoms with Crippen molar-refractivity contribution < 1.29 is 33.8 Å². The molecule has 3 unspecified atom stereocenters. The van der Waals surface area contributed by atoms with Crippen LogP contribution in [0.5, 0.6) is 0 Å². The van der Waals surface area contributed by atoms with Gasteiger partial charge in [0.2, 0.25) is 11.8 Å². The van der Waals surface area contributed by atoms with E-state index in [2.05, 4.69) is 5.32 Å². The summed E-state index contributed by atoms with van der Waals surface area (Å²) in [6.45, 7) is 1.60. The molecule has 0 spiro atoms. The van der Waals surface area contributed by atoms with E-state index in [9.17, 15) is 24.3 Å². The van der Waals surface area contributed by atoms with Crippen molar-refractivity contribution >= 4 is 23.9 Å². The highest BCUT2D eigenvalue weighted by molar-refractivity contribution is 5.93. The first-order chi connectivity index (χ1) is 18.3. The molecule has 0 aliphatic carbocycles. The number of alkyl carbamates (subject to hydrolysis) is 1. The monoisotopic (exact) mass is 525 g/mol. The fourth-order valence-electron chi connectivity index (χ4n) is 4.62. The van der Waals surface area contributed by atoms with Crippen LogP contribution in [0.15, 0.2) is 60.7 Å². The van der Waals surface area contributed by atoms with Crippen molar-refractivity contribution in [2.75, 3.05) is 20.2 Å². The van der Waals surface area contributed by atoms with E-state index < -0.39 is 48.7 Å². The zero-order valence-electron chi connectivity index (χ0n) is 21.7. The van der Waals surface area contributed by atoms with Crippen LogP contribution in [0.3, 0.4) is 0 Å². The summed E-state index contributed by atoms with van der Waals surface area (Å²) in [5, 5.41) is 12.1. The summed E-state index contributed by atoms with van der Waals surface area (Å²) in [6, 6.07) is 16.6. The third-order valence-electron chi connectivity index (χ3n) is 6.46. The highest BCUT2D eigenvalue weighted by Crippen LogP contribution is 2.23. The molecule has 2 aromatic carbocycles. The van der Waals surface area contributed by atoms with Gasteiger partial charge in [-0.3, -0.25) is 14.4 Å². The standard InChI is InChI=1S/C28H35N3O7/c1-3-24(37-2)31(18-25(32)33)27(35)23-15-10-16-30(23)26(34)22(17-20-11-6-4-7-12-20)29-28(36)38-19-21-13-8-5-9-14-21/h4-9,11-14,22-24H,3,10,15-19H2,1-2H3,(H,29,36)(H,32,33). The minimum atomic E-state index is -1.17. The molecular weight excluding hydrogens is 490 g/mol. The van der Waals surface area contributed by atoms with Crippen molar-refractivity contribution in [3.63, 3.8) is 0 Å². The molecule has 0 radical (unpaired) electrons. The molecule has 10 nitrogen and oxygen atoms in total. The molecule has 1 fully saturated rings. The van der Waals surface area contributed by atoms with Crippen molar-refractivity contribution in [1.29, 1.82) is 0 Å². The number of carboxylic acids is 1. The number of hydrogen-bond donors (Lipinski definition) is 2. The van der Waals surface area contributed by atoms with Crippen LogP contribution in [0.2, 0.25) is 0 Å². The minimum absolute atomic E-state index is 0.0450. The van der Waals surface area contributed by atoms with Crippen LogP contribution >= 0.6 is 0 Å². The molecule has 3 amide bonds. The average Bonchev–Trinajstić information content (AvgIpc) is 3.42. The summed E-state index contributed by atoms with van der Waals surface area (Å²) < 4.78 is 10.7. The van der Waals surface area contributed by atoms with E-state index in [4.69, 9.17) is 9.47 Å². The van der Waals surface area contributed by atoms with E-state index in [1.54, 1.807) is 6.92 Å². The molecule has 2 aromatic rings. The lowest BCUT2D eigenvalue weighted by molar-refractivity contribution is -0.159. The van der Waals surface area contributed by atoms with Crippen LogP contribution in [-0.2, 0) is 36.9 Å². The quantitative estimate of drug-likeness (QED) is 0.408. The van der Waals surface area contributed by atoms with Gasteiger partial charge in [0, 0.05) is 20.1 Å². The minimum Gasteiger partial charge on any atom is -0.480 e. The molecule has 10 heteroatoms. The highest BCUT2D eigenvalue weighted by Gasteiger charge is 2.41. The van der Waals surface area contributed by atoms with Gasteiger partial charge in [-0.1, -0.05) is 67.6 Å². The van der Waals surface area contributed by atoms with Crippen LogP contribution in [-0.4, -0.2) is 77.3 Å². The maximum Gasteiger partial charge on any atom is 0.408 e. The van der Waals surface area contributed by atoms with Gasteiger partial charge in [0.15, 0.2) is 0 Å². The molecule has 1 heterocycles. The van der Waals surface area contributed by atoms with E-state index >= 15 is 0 Å². The molecule has 1 saturated heterocycles. The lowest BCUT2D eigenvalue weighted by Gasteiger charge is -2.34. The molecule has 1 aliphatic heterocycles. The van der Waals surface area contributed by atoms with Crippen LogP contribution < -0.4 is 5.32 Å². The van der Waals surface area contributed by atoms with Crippen LogP contribution in [0.1, 0.15) is 37.3 Å². The Balaban J connectivity index is 1.78. The maximum atomic E-state index is 13.8. The first kappa shape index (κ1) is 28.6. The van der Waals surface area contributed by atoms with Crippen molar-refractivity contribution in [1.82, 2.24) is 15.1 Å². The number of amides is 3. The molecule has 204 valence electrons. The topological polar surface area (TPSA) is 125 Å². The number of nitrogens with one attached hydrogen (secondary N) is 1. The number of benzene rings is 2. The summed E-state index contributed by atoms with van der Waals surface area (Å²) in [5.74, 6) is -2.09. The van der Waals surface area contributed by atoms with E-state index in [1.165, 1.54) is 12.0 Å². The zero-order valence-corrected chi connectivity index (χ0v) is 21.7. The average molecular weight is 526 g/mol. The van der Waals surface area contributed by atoms with Gasteiger partial charge in [0.1, 0.15) is 31.5 Å². The van der Waals surface area contributed by atoms with Crippen molar-refractivity contribution in [2.24, 2.45) is 0 Å². The number of carbonyl (C=O) groups excluding carboxylic acids is 3. The molecule has 38 heavy (non-hydrogen) atoms. The molecule has 0 bridgehead atoms.